The molecule has 19 heavy (non-hydrogen) atoms. The summed E-state index contributed by atoms with van der Waals surface area (Å²) < 4.78 is 40.2. The lowest BCUT2D eigenvalue weighted by Gasteiger charge is -2.33. The Kier molecular flexibility index (Phi) is 4.63. The van der Waals surface area contributed by atoms with Crippen LogP contribution in [0.3, 0.4) is 0 Å². The van der Waals surface area contributed by atoms with Crippen molar-refractivity contribution in [2.75, 3.05) is 11.9 Å². The lowest BCUT2D eigenvalue weighted by atomic mass is 10.1. The second kappa shape index (κ2) is 5.89. The molecule has 0 saturated carbocycles. The van der Waals surface area contributed by atoms with E-state index in [9.17, 15) is 12.8 Å². The summed E-state index contributed by atoms with van der Waals surface area (Å²) in [6.45, 7) is 2.20. The molecule has 1 aliphatic rings. The number of nitrogens with zero attached hydrogens (tertiary/aromatic N) is 1. The minimum Gasteiger partial charge on any atom is -0.207 e. The number of hydrogen-bond acceptors (Lipinski definition) is 2. The highest BCUT2D eigenvalue weighted by molar-refractivity contribution is 9.09. The van der Waals surface area contributed by atoms with Crippen LogP contribution in [0, 0.1) is 12.7 Å². The second-order valence-electron chi connectivity index (χ2n) is 4.83. The summed E-state index contributed by atoms with van der Waals surface area (Å²) in [6.07, 6.45) is 2.74. The van der Waals surface area contributed by atoms with E-state index in [0.717, 1.165) is 25.3 Å². The first-order valence-corrected chi connectivity index (χ1v) is 8.87. The van der Waals surface area contributed by atoms with Crippen LogP contribution in [0.15, 0.2) is 23.1 Å². The van der Waals surface area contributed by atoms with Gasteiger partial charge in [-0.05, 0) is 37.5 Å². The molecule has 0 aliphatic carbocycles. The molecule has 0 aromatic heterocycles. The molecule has 3 nitrogen and oxygen atoms in total. The summed E-state index contributed by atoms with van der Waals surface area (Å²) in [7, 11) is -3.61. The zero-order valence-corrected chi connectivity index (χ0v) is 13.2. The van der Waals surface area contributed by atoms with Gasteiger partial charge in [-0.3, -0.25) is 0 Å². The molecule has 1 aromatic carbocycles. The number of hydrogen-bond donors (Lipinski definition) is 0. The van der Waals surface area contributed by atoms with Crippen molar-refractivity contribution in [2.45, 2.75) is 37.1 Å². The highest BCUT2D eigenvalue weighted by Gasteiger charge is 2.33. The van der Waals surface area contributed by atoms with E-state index in [1.54, 1.807) is 6.92 Å². The van der Waals surface area contributed by atoms with Crippen molar-refractivity contribution in [3.05, 3.63) is 29.6 Å². The molecule has 1 saturated heterocycles. The molecule has 0 bridgehead atoms. The van der Waals surface area contributed by atoms with Crippen LogP contribution < -0.4 is 0 Å². The van der Waals surface area contributed by atoms with Crippen molar-refractivity contribution in [3.8, 4) is 0 Å². The van der Waals surface area contributed by atoms with Crippen LogP contribution in [0.25, 0.3) is 0 Å². The number of piperidine rings is 1. The van der Waals surface area contributed by atoms with E-state index >= 15 is 0 Å². The predicted molar refractivity (Wildman–Crippen MR) is 76.5 cm³/mol. The van der Waals surface area contributed by atoms with E-state index in [1.807, 2.05) is 0 Å². The fourth-order valence-corrected chi connectivity index (χ4v) is 5.22. The van der Waals surface area contributed by atoms with Crippen LogP contribution in [-0.2, 0) is 10.0 Å². The topological polar surface area (TPSA) is 37.4 Å². The third-order valence-corrected chi connectivity index (χ3v) is 6.33. The summed E-state index contributed by atoms with van der Waals surface area (Å²) in [5.74, 6) is -0.517. The zero-order valence-electron chi connectivity index (χ0n) is 10.8. The van der Waals surface area contributed by atoms with Crippen LogP contribution in [0.1, 0.15) is 24.8 Å². The fourth-order valence-electron chi connectivity index (χ4n) is 2.42. The van der Waals surface area contributed by atoms with E-state index < -0.39 is 15.8 Å². The molecule has 1 unspecified atom stereocenters. The van der Waals surface area contributed by atoms with Gasteiger partial charge in [-0.15, -0.1) is 0 Å². The first-order valence-electron chi connectivity index (χ1n) is 6.31. The van der Waals surface area contributed by atoms with Crippen molar-refractivity contribution in [1.29, 1.82) is 0 Å². The van der Waals surface area contributed by atoms with Gasteiger partial charge in [-0.2, -0.15) is 4.31 Å². The summed E-state index contributed by atoms with van der Waals surface area (Å²) in [6, 6.07) is 3.87. The molecule has 1 atom stereocenters. The minimum absolute atomic E-state index is 0.0404. The first-order chi connectivity index (χ1) is 8.96. The van der Waals surface area contributed by atoms with E-state index in [-0.39, 0.29) is 10.9 Å². The normalized spacial score (nSPS) is 21.5. The molecule has 1 aromatic rings. The Bertz CT molecular complexity index is 562. The SMILES string of the molecule is Cc1ccc(F)cc1S(=O)(=O)N1CCCCC1CBr. The molecule has 106 valence electrons. The Labute approximate surface area is 122 Å². The molecule has 1 fully saturated rings. The number of aryl methyl sites for hydroxylation is 1. The smallest absolute Gasteiger partial charge is 0.207 e. The number of benzene rings is 1. The first kappa shape index (κ1) is 14.9. The van der Waals surface area contributed by atoms with Crippen molar-refractivity contribution in [3.63, 3.8) is 0 Å². The Morgan fingerprint density at radius 2 is 2.16 bits per heavy atom. The van der Waals surface area contributed by atoms with Crippen LogP contribution in [0.2, 0.25) is 0 Å². The molecule has 2 rings (SSSR count). The van der Waals surface area contributed by atoms with Crippen LogP contribution in [-0.4, -0.2) is 30.6 Å². The van der Waals surface area contributed by atoms with E-state index in [2.05, 4.69) is 15.9 Å². The number of halogens is 2. The molecule has 1 aliphatic heterocycles. The zero-order chi connectivity index (χ0) is 14.0. The van der Waals surface area contributed by atoms with Gasteiger partial charge in [0.1, 0.15) is 5.82 Å². The maximum Gasteiger partial charge on any atom is 0.243 e. The molecular weight excluding hydrogens is 333 g/mol. The van der Waals surface area contributed by atoms with E-state index in [0.29, 0.717) is 17.4 Å². The molecule has 0 amide bonds. The van der Waals surface area contributed by atoms with Crippen LogP contribution in [0.4, 0.5) is 4.39 Å². The Morgan fingerprint density at radius 1 is 1.42 bits per heavy atom. The van der Waals surface area contributed by atoms with Crippen molar-refractivity contribution in [2.24, 2.45) is 0 Å². The largest absolute Gasteiger partial charge is 0.243 e. The van der Waals surface area contributed by atoms with E-state index in [1.165, 1.54) is 16.4 Å². The van der Waals surface area contributed by atoms with Crippen molar-refractivity contribution in [1.82, 2.24) is 4.31 Å². The fraction of sp³-hybridized carbons (Fsp3) is 0.538. The number of sulfonamides is 1. The van der Waals surface area contributed by atoms with Gasteiger partial charge in [0.15, 0.2) is 0 Å². The maximum atomic E-state index is 13.3. The quantitative estimate of drug-likeness (QED) is 0.786. The Balaban J connectivity index is 2.43. The number of alkyl halides is 1. The summed E-state index contributed by atoms with van der Waals surface area (Å²) in [4.78, 5) is 0.0837. The van der Waals surface area contributed by atoms with Gasteiger partial charge >= 0.3 is 0 Å². The van der Waals surface area contributed by atoms with Crippen LogP contribution >= 0.6 is 15.9 Å². The molecule has 1 heterocycles. The summed E-state index contributed by atoms with van der Waals surface area (Å²) >= 11 is 3.37. The molecule has 0 N–H and O–H groups in total. The average molecular weight is 350 g/mol. The number of rotatable bonds is 3. The van der Waals surface area contributed by atoms with Gasteiger partial charge in [0.2, 0.25) is 10.0 Å². The van der Waals surface area contributed by atoms with Gasteiger partial charge in [0.05, 0.1) is 4.90 Å². The Hall–Kier alpha value is -0.460. The highest BCUT2D eigenvalue weighted by atomic mass is 79.9. The second-order valence-corrected chi connectivity index (χ2v) is 7.34. The lowest BCUT2D eigenvalue weighted by Crippen LogP contribution is -2.44. The standard InChI is InChI=1S/C13H17BrFNO2S/c1-10-5-6-11(15)8-13(10)19(17,18)16-7-3-2-4-12(16)9-14/h5-6,8,12H,2-4,7,9H2,1H3. The maximum absolute atomic E-state index is 13.3. The van der Waals surface area contributed by atoms with Crippen molar-refractivity contribution >= 4 is 26.0 Å². The van der Waals surface area contributed by atoms with Crippen molar-refractivity contribution < 1.29 is 12.8 Å². The molecular formula is C13H17BrFNO2S. The van der Waals surface area contributed by atoms with Gasteiger partial charge in [0, 0.05) is 17.9 Å². The minimum atomic E-state index is -3.61. The molecule has 0 radical (unpaired) electrons. The monoisotopic (exact) mass is 349 g/mol. The van der Waals surface area contributed by atoms with Gasteiger partial charge in [0.25, 0.3) is 0 Å². The third kappa shape index (κ3) is 3.01. The van der Waals surface area contributed by atoms with Crippen LogP contribution in [0.5, 0.6) is 0 Å². The lowest BCUT2D eigenvalue weighted by molar-refractivity contribution is 0.273. The predicted octanol–water partition coefficient (Wildman–Crippen LogP) is 3.07. The Morgan fingerprint density at radius 3 is 2.84 bits per heavy atom. The summed E-state index contributed by atoms with van der Waals surface area (Å²) in [5.41, 5.74) is 0.584. The van der Waals surface area contributed by atoms with Gasteiger partial charge in [-0.1, -0.05) is 28.4 Å². The van der Waals surface area contributed by atoms with E-state index in [4.69, 9.17) is 0 Å². The van der Waals surface area contributed by atoms with Gasteiger partial charge in [-0.25, -0.2) is 12.8 Å². The van der Waals surface area contributed by atoms with Gasteiger partial charge < -0.3 is 0 Å². The highest BCUT2D eigenvalue weighted by Crippen LogP contribution is 2.28. The average Bonchev–Trinajstić information content (AvgIpc) is 2.41. The molecule has 0 spiro atoms. The summed E-state index contributed by atoms with van der Waals surface area (Å²) in [5, 5.41) is 0.612. The third-order valence-electron chi connectivity index (χ3n) is 3.49. The molecule has 6 heteroatoms.